The molecule has 0 saturated heterocycles. The van der Waals surface area contributed by atoms with Crippen molar-refractivity contribution in [1.29, 1.82) is 0 Å². The lowest BCUT2D eigenvalue weighted by Crippen LogP contribution is -2.32. The summed E-state index contributed by atoms with van der Waals surface area (Å²) in [5.41, 5.74) is 4.89. The normalized spacial score (nSPS) is 13.6. The van der Waals surface area contributed by atoms with Gasteiger partial charge in [-0.15, -0.1) is 11.3 Å². The number of hydrogen-bond donors (Lipinski definition) is 1. The molecule has 1 aliphatic heterocycles. The molecule has 0 atom stereocenters. The maximum atomic E-state index is 12.5. The molecule has 6 rings (SSSR count). The van der Waals surface area contributed by atoms with Gasteiger partial charge in [-0.2, -0.15) is 0 Å². The zero-order valence-electron chi connectivity index (χ0n) is 20.5. The highest BCUT2D eigenvalue weighted by molar-refractivity contribution is 7.09. The summed E-state index contributed by atoms with van der Waals surface area (Å²) in [6, 6.07) is 22.5. The molecule has 2 heterocycles. The predicted molar refractivity (Wildman–Crippen MR) is 141 cm³/mol. The highest BCUT2D eigenvalue weighted by Gasteiger charge is 2.39. The van der Waals surface area contributed by atoms with E-state index in [-0.39, 0.29) is 35.9 Å². The highest BCUT2D eigenvalue weighted by atomic mass is 32.1. The quantitative estimate of drug-likeness (QED) is 0.342. The van der Waals surface area contributed by atoms with Gasteiger partial charge in [0.1, 0.15) is 6.61 Å². The first-order valence-electron chi connectivity index (χ1n) is 12.2. The number of carbonyl (C=O) groups excluding carboxylic acids is 4. The monoisotopic (exact) mass is 539 g/mol. The summed E-state index contributed by atoms with van der Waals surface area (Å²) in [6.45, 7) is 0.460. The average molecular weight is 540 g/mol. The van der Waals surface area contributed by atoms with E-state index < -0.39 is 23.9 Å². The fourth-order valence-electron chi connectivity index (χ4n) is 4.82. The Hall–Kier alpha value is -4.83. The third-order valence-electron chi connectivity index (χ3n) is 6.64. The van der Waals surface area contributed by atoms with Gasteiger partial charge in [-0.25, -0.2) is 14.6 Å². The van der Waals surface area contributed by atoms with Crippen molar-refractivity contribution < 1.29 is 28.8 Å². The number of nitrogens with one attached hydrogen (secondary N) is 1. The topological polar surface area (TPSA) is 115 Å². The predicted octanol–water partition coefficient (Wildman–Crippen LogP) is 4.59. The standard InChI is InChI=1S/C29H21N3O6S/c33-26-21-11-5-6-12-22(21)27(34)32(26)38-28(35)24-16-39-25(31-24)13-14-30-29(36)37-15-23-19-9-3-1-7-17(19)18-8-2-4-10-20(18)23/h1-12,16,23H,13-15H2,(H,30,36). The minimum absolute atomic E-state index is 0.0298. The second-order valence-electron chi connectivity index (χ2n) is 8.96. The lowest BCUT2D eigenvalue weighted by atomic mass is 9.98. The number of thiazole rings is 1. The molecule has 0 radical (unpaired) electrons. The number of imide groups is 1. The summed E-state index contributed by atoms with van der Waals surface area (Å²) in [5, 5.41) is 5.21. The molecule has 0 unspecified atom stereocenters. The zero-order chi connectivity index (χ0) is 26.9. The first-order chi connectivity index (χ1) is 19.0. The minimum Gasteiger partial charge on any atom is -0.449 e. The lowest BCUT2D eigenvalue weighted by molar-refractivity contribution is -0.0588. The van der Waals surface area contributed by atoms with Crippen LogP contribution >= 0.6 is 11.3 Å². The van der Waals surface area contributed by atoms with Crippen molar-refractivity contribution in [3.63, 3.8) is 0 Å². The van der Waals surface area contributed by atoms with E-state index in [0.717, 1.165) is 22.3 Å². The van der Waals surface area contributed by atoms with Gasteiger partial charge in [0.05, 0.1) is 16.1 Å². The Kier molecular flexibility index (Phi) is 6.37. The Balaban J connectivity index is 0.995. The maximum Gasteiger partial charge on any atom is 0.407 e. The summed E-state index contributed by atoms with van der Waals surface area (Å²) in [6.07, 6.45) is -0.187. The second kappa shape index (κ2) is 10.1. The molecule has 0 saturated carbocycles. The van der Waals surface area contributed by atoms with Crippen LogP contribution in [-0.4, -0.2) is 47.1 Å². The second-order valence-corrected chi connectivity index (χ2v) is 9.90. The van der Waals surface area contributed by atoms with Crippen LogP contribution in [0.3, 0.4) is 0 Å². The van der Waals surface area contributed by atoms with E-state index >= 15 is 0 Å². The Morgan fingerprint density at radius 2 is 1.41 bits per heavy atom. The molecule has 3 aromatic carbocycles. The van der Waals surface area contributed by atoms with Gasteiger partial charge in [-0.1, -0.05) is 65.7 Å². The van der Waals surface area contributed by atoms with Crippen LogP contribution in [0.4, 0.5) is 4.79 Å². The molecule has 1 aliphatic carbocycles. The molecule has 9 nitrogen and oxygen atoms in total. The molecule has 0 bridgehead atoms. The van der Waals surface area contributed by atoms with Crippen LogP contribution in [0.5, 0.6) is 0 Å². The van der Waals surface area contributed by atoms with Crippen molar-refractivity contribution in [3.8, 4) is 11.1 Å². The molecule has 0 fully saturated rings. The fraction of sp³-hybridized carbons (Fsp3) is 0.138. The fourth-order valence-corrected chi connectivity index (χ4v) is 5.59. The summed E-state index contributed by atoms with van der Waals surface area (Å²) < 4.78 is 5.53. The first kappa shape index (κ1) is 24.5. The van der Waals surface area contributed by atoms with E-state index in [9.17, 15) is 19.2 Å². The number of nitrogens with zero attached hydrogens (tertiary/aromatic N) is 2. The number of rotatable bonds is 7. The Morgan fingerprint density at radius 3 is 2.03 bits per heavy atom. The first-order valence-corrected chi connectivity index (χ1v) is 13.1. The number of hydrogen-bond acceptors (Lipinski definition) is 8. The molecule has 10 heteroatoms. The van der Waals surface area contributed by atoms with Gasteiger partial charge in [-0.3, -0.25) is 9.59 Å². The van der Waals surface area contributed by atoms with Gasteiger partial charge in [0.2, 0.25) is 0 Å². The molecule has 0 spiro atoms. The molecule has 3 amide bonds. The molecule has 39 heavy (non-hydrogen) atoms. The van der Waals surface area contributed by atoms with Crippen LogP contribution in [0, 0.1) is 0 Å². The van der Waals surface area contributed by atoms with Gasteiger partial charge < -0.3 is 14.9 Å². The zero-order valence-corrected chi connectivity index (χ0v) is 21.3. The molecular weight excluding hydrogens is 518 g/mol. The largest absolute Gasteiger partial charge is 0.449 e. The number of amides is 3. The van der Waals surface area contributed by atoms with E-state index in [1.807, 2.05) is 24.3 Å². The molecular formula is C29H21N3O6S. The third kappa shape index (κ3) is 4.55. The van der Waals surface area contributed by atoms with Crippen LogP contribution in [0.1, 0.15) is 53.3 Å². The number of aromatic nitrogens is 1. The summed E-state index contributed by atoms with van der Waals surface area (Å²) in [7, 11) is 0. The van der Waals surface area contributed by atoms with Gasteiger partial charge in [0, 0.05) is 24.3 Å². The van der Waals surface area contributed by atoms with E-state index in [1.165, 1.54) is 28.8 Å². The number of ether oxygens (including phenoxy) is 1. The van der Waals surface area contributed by atoms with E-state index in [0.29, 0.717) is 16.5 Å². The minimum atomic E-state index is -0.920. The number of carbonyl (C=O) groups is 4. The van der Waals surface area contributed by atoms with Crippen LogP contribution in [0.15, 0.2) is 78.2 Å². The molecule has 1 aromatic heterocycles. The highest BCUT2D eigenvalue weighted by Crippen LogP contribution is 2.44. The van der Waals surface area contributed by atoms with Crippen LogP contribution in [-0.2, 0) is 16.0 Å². The van der Waals surface area contributed by atoms with Crippen molar-refractivity contribution in [2.45, 2.75) is 12.3 Å². The molecule has 4 aromatic rings. The Bertz CT molecular complexity index is 1550. The van der Waals surface area contributed by atoms with E-state index in [1.54, 1.807) is 12.1 Å². The number of alkyl carbamates (subject to hydrolysis) is 1. The maximum absolute atomic E-state index is 12.5. The van der Waals surface area contributed by atoms with E-state index in [2.05, 4.69) is 34.6 Å². The van der Waals surface area contributed by atoms with Gasteiger partial charge >= 0.3 is 12.1 Å². The summed E-state index contributed by atoms with van der Waals surface area (Å²) in [5.74, 6) is -2.35. The van der Waals surface area contributed by atoms with Crippen molar-refractivity contribution in [2.24, 2.45) is 0 Å². The van der Waals surface area contributed by atoms with Crippen LogP contribution < -0.4 is 5.32 Å². The summed E-state index contributed by atoms with van der Waals surface area (Å²) >= 11 is 1.20. The van der Waals surface area contributed by atoms with Gasteiger partial charge in [-0.05, 0) is 34.4 Å². The number of hydroxylamine groups is 2. The van der Waals surface area contributed by atoms with Crippen molar-refractivity contribution in [3.05, 3.63) is 111 Å². The SMILES string of the molecule is O=C(NCCc1nc(C(=O)ON2C(=O)c3ccccc3C2=O)cs1)OCC1c2ccccc2-c2ccccc21. The van der Waals surface area contributed by atoms with Crippen molar-refractivity contribution in [2.75, 3.05) is 13.2 Å². The Morgan fingerprint density at radius 1 is 0.846 bits per heavy atom. The average Bonchev–Trinajstić information content (AvgIpc) is 3.63. The molecule has 2 aliphatic rings. The summed E-state index contributed by atoms with van der Waals surface area (Å²) in [4.78, 5) is 58.9. The van der Waals surface area contributed by atoms with Crippen LogP contribution in [0.25, 0.3) is 11.1 Å². The number of benzene rings is 3. The van der Waals surface area contributed by atoms with Gasteiger partial charge in [0.15, 0.2) is 5.69 Å². The van der Waals surface area contributed by atoms with Crippen molar-refractivity contribution in [1.82, 2.24) is 15.4 Å². The Labute approximate surface area is 227 Å². The molecule has 1 N–H and O–H groups in total. The van der Waals surface area contributed by atoms with Gasteiger partial charge in [0.25, 0.3) is 11.8 Å². The van der Waals surface area contributed by atoms with Crippen molar-refractivity contribution >= 4 is 35.2 Å². The van der Waals surface area contributed by atoms with Crippen LogP contribution in [0.2, 0.25) is 0 Å². The van der Waals surface area contributed by atoms with E-state index in [4.69, 9.17) is 9.57 Å². The lowest BCUT2D eigenvalue weighted by Gasteiger charge is -2.14. The third-order valence-corrected chi connectivity index (χ3v) is 7.55. The number of fused-ring (bicyclic) bond motifs is 4. The smallest absolute Gasteiger partial charge is 0.407 e. The molecule has 194 valence electrons.